The van der Waals surface area contributed by atoms with Crippen LogP contribution >= 0.6 is 0 Å². The maximum Gasteiger partial charge on any atom is 0.265 e. The van der Waals surface area contributed by atoms with Crippen LogP contribution in [-0.2, 0) is 22.9 Å². The lowest BCUT2D eigenvalue weighted by Crippen LogP contribution is -2.26. The Morgan fingerprint density at radius 1 is 0.800 bits per heavy atom. The van der Waals surface area contributed by atoms with Gasteiger partial charge in [-0.2, -0.15) is 0 Å². The number of amides is 1. The minimum absolute atomic E-state index is 0.118. The molecule has 0 saturated carbocycles. The first kappa shape index (κ1) is 25.9. The van der Waals surface area contributed by atoms with Crippen molar-refractivity contribution >= 4 is 21.6 Å². The largest absolute Gasteiger partial charge is 0.495 e. The molecule has 0 unspecified atom stereocenters. The molecule has 0 aliphatic rings. The molecule has 35 heavy (non-hydrogen) atoms. The van der Waals surface area contributed by atoms with Gasteiger partial charge in [0, 0.05) is 17.8 Å². The third-order valence-corrected chi connectivity index (χ3v) is 6.88. The lowest BCUT2D eigenvalue weighted by atomic mass is 10.1. The molecule has 0 radical (unpaired) electrons. The predicted molar refractivity (Wildman–Crippen MR) is 135 cm³/mol. The van der Waals surface area contributed by atoms with Crippen molar-refractivity contribution < 1.29 is 27.4 Å². The maximum absolute atomic E-state index is 13.1. The molecule has 9 heteroatoms. The number of hydrogen-bond donors (Lipinski definition) is 2. The molecular weight excluding hydrogens is 468 g/mol. The quantitative estimate of drug-likeness (QED) is 0.414. The molecular formula is C26H30N2O6S. The summed E-state index contributed by atoms with van der Waals surface area (Å²) in [5, 5.41) is 2.82. The molecule has 0 fully saturated rings. The first-order valence-corrected chi connectivity index (χ1v) is 12.6. The number of anilines is 1. The van der Waals surface area contributed by atoms with Crippen molar-refractivity contribution in [1.82, 2.24) is 5.32 Å². The van der Waals surface area contributed by atoms with Crippen molar-refractivity contribution in [2.24, 2.45) is 0 Å². The number of methoxy groups -OCH3 is 3. The van der Waals surface area contributed by atoms with E-state index in [1.807, 2.05) is 31.2 Å². The highest BCUT2D eigenvalue weighted by atomic mass is 32.2. The topological polar surface area (TPSA) is 103 Å². The molecule has 2 N–H and O–H groups in total. The first-order chi connectivity index (χ1) is 16.8. The van der Waals surface area contributed by atoms with E-state index in [0.717, 1.165) is 17.5 Å². The lowest BCUT2D eigenvalue weighted by molar-refractivity contribution is 0.0954. The van der Waals surface area contributed by atoms with Crippen molar-refractivity contribution in [3.05, 3.63) is 77.4 Å². The maximum atomic E-state index is 13.1. The highest BCUT2D eigenvalue weighted by molar-refractivity contribution is 7.92. The molecule has 0 aliphatic carbocycles. The summed E-state index contributed by atoms with van der Waals surface area (Å²) in [5.74, 6) is 0.988. The average molecular weight is 499 g/mol. The second kappa shape index (κ2) is 11.6. The summed E-state index contributed by atoms with van der Waals surface area (Å²) < 4.78 is 44.5. The first-order valence-electron chi connectivity index (χ1n) is 11.1. The van der Waals surface area contributed by atoms with Crippen LogP contribution in [0, 0.1) is 0 Å². The van der Waals surface area contributed by atoms with Crippen molar-refractivity contribution in [3.63, 3.8) is 0 Å². The molecule has 0 saturated heterocycles. The molecule has 0 heterocycles. The van der Waals surface area contributed by atoms with Crippen molar-refractivity contribution in [1.29, 1.82) is 0 Å². The third-order valence-electron chi connectivity index (χ3n) is 5.48. The van der Waals surface area contributed by atoms with Crippen molar-refractivity contribution in [2.75, 3.05) is 32.6 Å². The van der Waals surface area contributed by atoms with Gasteiger partial charge in [-0.3, -0.25) is 9.52 Å². The van der Waals surface area contributed by atoms with E-state index < -0.39 is 15.9 Å². The fourth-order valence-electron chi connectivity index (χ4n) is 3.51. The Morgan fingerprint density at radius 2 is 1.43 bits per heavy atom. The second-order valence-electron chi connectivity index (χ2n) is 7.72. The summed E-state index contributed by atoms with van der Waals surface area (Å²) in [6.45, 7) is 2.37. The van der Waals surface area contributed by atoms with Crippen LogP contribution in [0.25, 0.3) is 0 Å². The van der Waals surface area contributed by atoms with Gasteiger partial charge in [-0.1, -0.05) is 25.1 Å². The van der Waals surface area contributed by atoms with Gasteiger partial charge in [0.2, 0.25) is 0 Å². The van der Waals surface area contributed by atoms with Crippen molar-refractivity contribution in [3.8, 4) is 17.2 Å². The Labute approximate surface area is 206 Å². The van der Waals surface area contributed by atoms with E-state index in [1.165, 1.54) is 25.3 Å². The minimum atomic E-state index is -3.99. The van der Waals surface area contributed by atoms with E-state index in [4.69, 9.17) is 14.2 Å². The zero-order valence-corrected chi connectivity index (χ0v) is 21.1. The summed E-state index contributed by atoms with van der Waals surface area (Å²) >= 11 is 0. The molecule has 0 atom stereocenters. The van der Waals surface area contributed by atoms with E-state index in [1.54, 1.807) is 32.4 Å². The zero-order valence-electron chi connectivity index (χ0n) is 20.3. The zero-order chi connectivity index (χ0) is 25.4. The van der Waals surface area contributed by atoms with Gasteiger partial charge < -0.3 is 19.5 Å². The summed E-state index contributed by atoms with van der Waals surface area (Å²) in [4.78, 5) is 12.6. The van der Waals surface area contributed by atoms with Gasteiger partial charge in [0.25, 0.3) is 15.9 Å². The molecule has 0 aliphatic heterocycles. The third kappa shape index (κ3) is 6.45. The number of hydrogen-bond acceptors (Lipinski definition) is 6. The highest BCUT2D eigenvalue weighted by Gasteiger charge is 2.22. The molecule has 0 bridgehead atoms. The second-order valence-corrected chi connectivity index (χ2v) is 9.37. The van der Waals surface area contributed by atoms with Gasteiger partial charge in [0.15, 0.2) is 11.5 Å². The molecule has 3 aromatic rings. The number of nitrogens with one attached hydrogen (secondary N) is 2. The monoisotopic (exact) mass is 498 g/mol. The highest BCUT2D eigenvalue weighted by Crippen LogP contribution is 2.28. The van der Waals surface area contributed by atoms with Crippen LogP contribution in [0.3, 0.4) is 0 Å². The predicted octanol–water partition coefficient (Wildman–Crippen LogP) is 4.05. The van der Waals surface area contributed by atoms with Gasteiger partial charge in [-0.05, 0) is 66.4 Å². The normalized spacial score (nSPS) is 11.0. The van der Waals surface area contributed by atoms with Crippen LogP contribution in [0.4, 0.5) is 5.69 Å². The average Bonchev–Trinajstić information content (AvgIpc) is 2.88. The SMILES string of the molecule is CCc1ccc(NS(=O)(=O)c2cc(C(=O)NCCc3ccc(OC)c(OC)c3)ccc2OC)cc1. The van der Waals surface area contributed by atoms with Gasteiger partial charge in [-0.15, -0.1) is 0 Å². The van der Waals surface area contributed by atoms with Crippen LogP contribution in [0.1, 0.15) is 28.4 Å². The minimum Gasteiger partial charge on any atom is -0.495 e. The molecule has 186 valence electrons. The Balaban J connectivity index is 1.72. The van der Waals surface area contributed by atoms with E-state index >= 15 is 0 Å². The molecule has 3 rings (SSSR count). The number of benzene rings is 3. The molecule has 0 aromatic heterocycles. The fourth-order valence-corrected chi connectivity index (χ4v) is 4.76. The number of sulfonamides is 1. The van der Waals surface area contributed by atoms with Gasteiger partial charge in [0.05, 0.1) is 21.3 Å². The molecule has 3 aromatic carbocycles. The summed E-state index contributed by atoms with van der Waals surface area (Å²) in [7, 11) is 0.523. The fraction of sp³-hybridized carbons (Fsp3) is 0.269. The Hall–Kier alpha value is -3.72. The van der Waals surface area contributed by atoms with Crippen LogP contribution in [0.2, 0.25) is 0 Å². The standard InChI is InChI=1S/C26H30N2O6S/c1-5-18-6-10-21(11-7-18)28-35(30,31)25-17-20(9-13-23(25)33-3)26(29)27-15-14-19-8-12-22(32-2)24(16-19)34-4/h6-13,16-17,28H,5,14-15H2,1-4H3,(H,27,29). The van der Waals surface area contributed by atoms with Crippen molar-refractivity contribution in [2.45, 2.75) is 24.7 Å². The van der Waals surface area contributed by atoms with E-state index in [-0.39, 0.29) is 16.2 Å². The lowest BCUT2D eigenvalue weighted by Gasteiger charge is -2.14. The Kier molecular flexibility index (Phi) is 8.59. The number of rotatable bonds is 11. The molecule has 1 amide bonds. The summed E-state index contributed by atoms with van der Waals surface area (Å²) in [6, 6.07) is 17.0. The Morgan fingerprint density at radius 3 is 2.06 bits per heavy atom. The number of ether oxygens (including phenoxy) is 3. The van der Waals surface area contributed by atoms with E-state index in [9.17, 15) is 13.2 Å². The number of carbonyl (C=O) groups is 1. The van der Waals surface area contributed by atoms with Gasteiger partial charge >= 0.3 is 0 Å². The molecule has 8 nitrogen and oxygen atoms in total. The number of carbonyl (C=O) groups excluding carboxylic acids is 1. The number of aryl methyl sites for hydroxylation is 1. The Bertz CT molecular complexity index is 1270. The van der Waals surface area contributed by atoms with Gasteiger partial charge in [-0.25, -0.2) is 8.42 Å². The summed E-state index contributed by atoms with van der Waals surface area (Å²) in [5.41, 5.74) is 2.69. The van der Waals surface area contributed by atoms with Crippen LogP contribution in [-0.4, -0.2) is 42.2 Å². The summed E-state index contributed by atoms with van der Waals surface area (Å²) in [6.07, 6.45) is 1.41. The molecule has 0 spiro atoms. The van der Waals surface area contributed by atoms with Gasteiger partial charge in [0.1, 0.15) is 10.6 Å². The van der Waals surface area contributed by atoms with Crippen LogP contribution in [0.15, 0.2) is 65.6 Å². The smallest absolute Gasteiger partial charge is 0.265 e. The van der Waals surface area contributed by atoms with Crippen LogP contribution in [0.5, 0.6) is 17.2 Å². The van der Waals surface area contributed by atoms with Crippen LogP contribution < -0.4 is 24.2 Å². The van der Waals surface area contributed by atoms with E-state index in [0.29, 0.717) is 30.2 Å². The van der Waals surface area contributed by atoms with E-state index in [2.05, 4.69) is 10.0 Å².